The summed E-state index contributed by atoms with van der Waals surface area (Å²) in [5.74, 6) is 0.321. The molecule has 3 N–H and O–H groups in total. The SMILES string of the molecule is Cc1ccccc1-c1n[nH]c(S(N)(=O)=O)n1. The van der Waals surface area contributed by atoms with Gasteiger partial charge in [-0.05, 0) is 12.5 Å². The Morgan fingerprint density at radius 1 is 1.31 bits per heavy atom. The van der Waals surface area contributed by atoms with Crippen LogP contribution in [0.3, 0.4) is 0 Å². The first-order valence-corrected chi connectivity index (χ1v) is 6.04. The van der Waals surface area contributed by atoms with Crippen LogP contribution >= 0.6 is 0 Å². The van der Waals surface area contributed by atoms with Crippen LogP contribution in [0.15, 0.2) is 29.4 Å². The topological polar surface area (TPSA) is 102 Å². The van der Waals surface area contributed by atoms with Gasteiger partial charge in [-0.2, -0.15) is 10.1 Å². The third-order valence-electron chi connectivity index (χ3n) is 2.12. The normalized spacial score (nSPS) is 11.6. The van der Waals surface area contributed by atoms with Gasteiger partial charge in [0.2, 0.25) is 0 Å². The summed E-state index contributed by atoms with van der Waals surface area (Å²) in [4.78, 5) is 3.83. The smallest absolute Gasteiger partial charge is 0.248 e. The van der Waals surface area contributed by atoms with E-state index in [4.69, 9.17) is 5.14 Å². The highest BCUT2D eigenvalue weighted by Gasteiger charge is 2.15. The molecule has 0 saturated carbocycles. The molecule has 2 aromatic rings. The van der Waals surface area contributed by atoms with Crippen molar-refractivity contribution in [2.75, 3.05) is 0 Å². The first-order valence-electron chi connectivity index (χ1n) is 4.49. The maximum Gasteiger partial charge on any atom is 0.273 e. The van der Waals surface area contributed by atoms with Gasteiger partial charge >= 0.3 is 0 Å². The molecule has 1 heterocycles. The summed E-state index contributed by atoms with van der Waals surface area (Å²) in [6.07, 6.45) is 0. The molecule has 7 heteroatoms. The Kier molecular flexibility index (Phi) is 2.49. The van der Waals surface area contributed by atoms with Crippen LogP contribution in [0.1, 0.15) is 5.56 Å². The maximum atomic E-state index is 11.0. The number of aryl methyl sites for hydroxylation is 1. The highest BCUT2D eigenvalue weighted by molar-refractivity contribution is 7.89. The lowest BCUT2D eigenvalue weighted by molar-refractivity contribution is 0.589. The van der Waals surface area contributed by atoms with E-state index in [0.29, 0.717) is 5.82 Å². The third-order valence-corrected chi connectivity index (χ3v) is 2.84. The average molecular weight is 238 g/mol. The fourth-order valence-corrected chi connectivity index (χ4v) is 1.71. The van der Waals surface area contributed by atoms with E-state index < -0.39 is 10.0 Å². The fourth-order valence-electron chi connectivity index (χ4n) is 1.32. The molecule has 0 aliphatic heterocycles. The standard InChI is InChI=1S/C9H10N4O2S/c1-6-4-2-3-5-7(6)8-11-9(13-12-8)16(10,14)15/h2-5H,1H3,(H2,10,14,15)(H,11,12,13). The Balaban J connectivity index is 2.52. The van der Waals surface area contributed by atoms with Crippen molar-refractivity contribution in [2.24, 2.45) is 5.14 Å². The van der Waals surface area contributed by atoms with Gasteiger partial charge in [-0.3, -0.25) is 0 Å². The van der Waals surface area contributed by atoms with E-state index in [1.54, 1.807) is 0 Å². The van der Waals surface area contributed by atoms with Gasteiger partial charge in [-0.25, -0.2) is 18.7 Å². The lowest BCUT2D eigenvalue weighted by Crippen LogP contribution is -2.13. The zero-order valence-corrected chi connectivity index (χ0v) is 9.32. The van der Waals surface area contributed by atoms with Crippen LogP contribution in [-0.2, 0) is 10.0 Å². The van der Waals surface area contributed by atoms with Crippen LogP contribution in [0.4, 0.5) is 0 Å². The van der Waals surface area contributed by atoms with Crippen molar-refractivity contribution in [1.29, 1.82) is 0 Å². The molecule has 1 aromatic heterocycles. The molecule has 0 aliphatic rings. The molecule has 0 amide bonds. The summed E-state index contributed by atoms with van der Waals surface area (Å²) in [5.41, 5.74) is 1.73. The van der Waals surface area contributed by atoms with Crippen LogP contribution in [0.2, 0.25) is 0 Å². The van der Waals surface area contributed by atoms with E-state index in [9.17, 15) is 8.42 Å². The molecule has 0 radical (unpaired) electrons. The summed E-state index contributed by atoms with van der Waals surface area (Å²) in [5, 5.41) is 10.7. The number of H-pyrrole nitrogens is 1. The highest BCUT2D eigenvalue weighted by Crippen LogP contribution is 2.19. The van der Waals surface area contributed by atoms with Gasteiger partial charge < -0.3 is 0 Å². The van der Waals surface area contributed by atoms with E-state index in [1.807, 2.05) is 31.2 Å². The molecule has 0 spiro atoms. The van der Waals surface area contributed by atoms with E-state index in [-0.39, 0.29) is 5.16 Å². The molecule has 84 valence electrons. The summed E-state index contributed by atoms with van der Waals surface area (Å²) < 4.78 is 22.0. The molecule has 0 fully saturated rings. The molecule has 0 aliphatic carbocycles. The number of primary sulfonamides is 1. The van der Waals surface area contributed by atoms with Gasteiger partial charge in [0.25, 0.3) is 15.2 Å². The fraction of sp³-hybridized carbons (Fsp3) is 0.111. The number of nitrogens with one attached hydrogen (secondary N) is 1. The predicted octanol–water partition coefficient (Wildman–Crippen LogP) is 0.428. The minimum absolute atomic E-state index is 0.321. The zero-order chi connectivity index (χ0) is 11.8. The Hall–Kier alpha value is -1.73. The summed E-state index contributed by atoms with van der Waals surface area (Å²) in [6, 6.07) is 7.41. The van der Waals surface area contributed by atoms with Crippen LogP contribution in [0.25, 0.3) is 11.4 Å². The first kappa shape index (κ1) is 10.8. The van der Waals surface area contributed by atoms with E-state index >= 15 is 0 Å². The van der Waals surface area contributed by atoms with Crippen LogP contribution < -0.4 is 5.14 Å². The molecule has 0 bridgehead atoms. The molecule has 1 aromatic carbocycles. The van der Waals surface area contributed by atoms with Crippen molar-refractivity contribution in [1.82, 2.24) is 15.2 Å². The van der Waals surface area contributed by atoms with Gasteiger partial charge in [0.15, 0.2) is 5.82 Å². The zero-order valence-electron chi connectivity index (χ0n) is 8.51. The maximum absolute atomic E-state index is 11.0. The number of aromatic nitrogens is 3. The molecule has 0 saturated heterocycles. The second-order valence-corrected chi connectivity index (χ2v) is 4.80. The number of aromatic amines is 1. The van der Waals surface area contributed by atoms with E-state index in [2.05, 4.69) is 15.2 Å². The second kappa shape index (κ2) is 3.69. The minimum Gasteiger partial charge on any atom is -0.248 e. The first-order chi connectivity index (χ1) is 7.48. The molecule has 2 rings (SSSR count). The van der Waals surface area contributed by atoms with Crippen molar-refractivity contribution in [3.05, 3.63) is 29.8 Å². The monoisotopic (exact) mass is 238 g/mol. The summed E-state index contributed by atoms with van der Waals surface area (Å²) >= 11 is 0. The summed E-state index contributed by atoms with van der Waals surface area (Å²) in [7, 11) is -3.83. The Bertz CT molecular complexity index is 618. The second-order valence-electron chi connectivity index (χ2n) is 3.32. The van der Waals surface area contributed by atoms with Crippen molar-refractivity contribution in [3.63, 3.8) is 0 Å². The van der Waals surface area contributed by atoms with Crippen molar-refractivity contribution in [2.45, 2.75) is 12.1 Å². The number of hydrogen-bond acceptors (Lipinski definition) is 4. The quantitative estimate of drug-likeness (QED) is 0.791. The summed E-state index contributed by atoms with van der Waals surface area (Å²) in [6.45, 7) is 1.89. The molecule has 16 heavy (non-hydrogen) atoms. The third kappa shape index (κ3) is 1.95. The molecular formula is C9H10N4O2S. The van der Waals surface area contributed by atoms with Gasteiger partial charge in [-0.15, -0.1) is 0 Å². The van der Waals surface area contributed by atoms with Gasteiger partial charge in [0, 0.05) is 5.56 Å². The lowest BCUT2D eigenvalue weighted by atomic mass is 10.1. The van der Waals surface area contributed by atoms with E-state index in [0.717, 1.165) is 11.1 Å². The number of nitrogens with two attached hydrogens (primary N) is 1. The molecule has 0 atom stereocenters. The number of benzene rings is 1. The number of sulfonamides is 1. The number of nitrogens with zero attached hydrogens (tertiary/aromatic N) is 2. The average Bonchev–Trinajstić information content (AvgIpc) is 2.66. The van der Waals surface area contributed by atoms with Crippen LogP contribution in [-0.4, -0.2) is 23.6 Å². The van der Waals surface area contributed by atoms with Crippen molar-refractivity contribution < 1.29 is 8.42 Å². The number of rotatable bonds is 2. The Morgan fingerprint density at radius 2 is 2.00 bits per heavy atom. The highest BCUT2D eigenvalue weighted by atomic mass is 32.2. The van der Waals surface area contributed by atoms with Gasteiger partial charge in [0.05, 0.1) is 0 Å². The number of hydrogen-bond donors (Lipinski definition) is 2. The molecule has 0 unspecified atom stereocenters. The largest absolute Gasteiger partial charge is 0.273 e. The van der Waals surface area contributed by atoms with E-state index in [1.165, 1.54) is 0 Å². The minimum atomic E-state index is -3.83. The van der Waals surface area contributed by atoms with Crippen molar-refractivity contribution >= 4 is 10.0 Å². The Morgan fingerprint density at radius 3 is 2.56 bits per heavy atom. The van der Waals surface area contributed by atoms with Crippen LogP contribution in [0.5, 0.6) is 0 Å². The van der Waals surface area contributed by atoms with Gasteiger partial charge in [0.1, 0.15) is 0 Å². The molecular weight excluding hydrogens is 228 g/mol. The lowest BCUT2D eigenvalue weighted by Gasteiger charge is -1.98. The predicted molar refractivity (Wildman–Crippen MR) is 57.9 cm³/mol. The van der Waals surface area contributed by atoms with Crippen molar-refractivity contribution in [3.8, 4) is 11.4 Å². The van der Waals surface area contributed by atoms with Crippen LogP contribution in [0, 0.1) is 6.92 Å². The Labute approximate surface area is 92.6 Å². The molecule has 6 nitrogen and oxygen atoms in total. The van der Waals surface area contributed by atoms with Gasteiger partial charge in [-0.1, -0.05) is 24.3 Å².